The second-order valence-electron chi connectivity index (χ2n) is 4.55. The third-order valence-corrected chi connectivity index (χ3v) is 2.59. The zero-order valence-corrected chi connectivity index (χ0v) is 10.9. The van der Waals surface area contributed by atoms with Crippen LogP contribution in [-0.2, 0) is 6.42 Å². The highest BCUT2D eigenvalue weighted by atomic mass is 15.3. The number of aromatic nitrogens is 4. The summed E-state index contributed by atoms with van der Waals surface area (Å²) in [4.78, 5) is 8.32. The fraction of sp³-hybridized carbons (Fsp3) is 0.462. The van der Waals surface area contributed by atoms with Gasteiger partial charge in [0.2, 0.25) is 5.95 Å². The molecule has 0 saturated carbocycles. The van der Waals surface area contributed by atoms with E-state index in [0.717, 1.165) is 19.4 Å². The average Bonchev–Trinajstić information content (AvgIpc) is 2.84. The van der Waals surface area contributed by atoms with Gasteiger partial charge in [-0.25, -0.2) is 14.6 Å². The fourth-order valence-electron chi connectivity index (χ4n) is 1.69. The fourth-order valence-corrected chi connectivity index (χ4v) is 1.69. The van der Waals surface area contributed by atoms with Crippen LogP contribution in [0.2, 0.25) is 0 Å². The van der Waals surface area contributed by atoms with E-state index in [2.05, 4.69) is 34.2 Å². The van der Waals surface area contributed by atoms with Gasteiger partial charge in [0.15, 0.2) is 0 Å². The molecule has 0 aromatic carbocycles. The topological polar surface area (TPSA) is 55.6 Å². The minimum absolute atomic E-state index is 0.547. The van der Waals surface area contributed by atoms with Crippen LogP contribution >= 0.6 is 0 Å². The van der Waals surface area contributed by atoms with Crippen molar-refractivity contribution in [2.75, 3.05) is 6.54 Å². The summed E-state index contributed by atoms with van der Waals surface area (Å²) in [5, 5.41) is 7.67. The predicted octanol–water partition coefficient (Wildman–Crippen LogP) is 1.59. The lowest BCUT2D eigenvalue weighted by Gasteiger charge is -2.06. The highest BCUT2D eigenvalue weighted by Crippen LogP contribution is 2.04. The molecular weight excluding hydrogens is 226 g/mol. The van der Waals surface area contributed by atoms with Crippen molar-refractivity contribution < 1.29 is 0 Å². The summed E-state index contributed by atoms with van der Waals surface area (Å²) >= 11 is 0. The average molecular weight is 245 g/mol. The van der Waals surface area contributed by atoms with E-state index >= 15 is 0 Å². The van der Waals surface area contributed by atoms with E-state index in [1.807, 2.05) is 12.4 Å². The van der Waals surface area contributed by atoms with Crippen LogP contribution in [0.1, 0.15) is 25.8 Å². The largest absolute Gasteiger partial charge is 0.315 e. The molecule has 5 heteroatoms. The molecule has 0 aliphatic rings. The van der Waals surface area contributed by atoms with Gasteiger partial charge in [-0.15, -0.1) is 0 Å². The van der Waals surface area contributed by atoms with Gasteiger partial charge >= 0.3 is 0 Å². The Balaban J connectivity index is 1.87. The third kappa shape index (κ3) is 3.63. The van der Waals surface area contributed by atoms with Crippen molar-refractivity contribution in [1.29, 1.82) is 0 Å². The second-order valence-corrected chi connectivity index (χ2v) is 4.55. The number of hydrogen-bond acceptors (Lipinski definition) is 4. The molecule has 2 rings (SSSR count). The first-order chi connectivity index (χ1) is 8.75. The van der Waals surface area contributed by atoms with E-state index in [4.69, 9.17) is 0 Å². The Morgan fingerprint density at radius 1 is 1.28 bits per heavy atom. The number of rotatable bonds is 6. The Morgan fingerprint density at radius 3 is 2.78 bits per heavy atom. The molecule has 5 nitrogen and oxygen atoms in total. The second kappa shape index (κ2) is 6.26. The Labute approximate surface area is 107 Å². The van der Waals surface area contributed by atoms with Crippen LogP contribution in [0.3, 0.4) is 0 Å². The van der Waals surface area contributed by atoms with Crippen molar-refractivity contribution in [3.05, 3.63) is 36.4 Å². The molecule has 2 aromatic heterocycles. The highest BCUT2D eigenvalue weighted by Gasteiger charge is 2.02. The molecule has 0 amide bonds. The molecule has 0 radical (unpaired) electrons. The molecule has 0 bridgehead atoms. The van der Waals surface area contributed by atoms with Crippen molar-refractivity contribution in [3.8, 4) is 5.95 Å². The molecule has 1 N–H and O–H groups in total. The summed E-state index contributed by atoms with van der Waals surface area (Å²) < 4.78 is 1.71. The van der Waals surface area contributed by atoms with Crippen LogP contribution < -0.4 is 5.32 Å². The SMILES string of the molecule is CC(C)NCCCc1cnn(-c2ncccn2)c1. The molecule has 0 fully saturated rings. The quantitative estimate of drug-likeness (QED) is 0.785. The molecule has 0 unspecified atom stereocenters. The first kappa shape index (κ1) is 12.7. The highest BCUT2D eigenvalue weighted by molar-refractivity contribution is 5.13. The summed E-state index contributed by atoms with van der Waals surface area (Å²) in [5.74, 6) is 0.615. The molecule has 0 aliphatic carbocycles. The van der Waals surface area contributed by atoms with Crippen molar-refractivity contribution in [1.82, 2.24) is 25.1 Å². The molecule has 2 heterocycles. The summed E-state index contributed by atoms with van der Waals surface area (Å²) in [7, 11) is 0. The molecule has 18 heavy (non-hydrogen) atoms. The Morgan fingerprint density at radius 2 is 2.06 bits per heavy atom. The molecule has 2 aromatic rings. The van der Waals surface area contributed by atoms with Gasteiger partial charge in [-0.1, -0.05) is 13.8 Å². The molecule has 0 aliphatic heterocycles. The molecular formula is C13H19N5. The van der Waals surface area contributed by atoms with Gasteiger partial charge in [-0.05, 0) is 31.0 Å². The van der Waals surface area contributed by atoms with E-state index in [1.165, 1.54) is 5.56 Å². The normalized spacial score (nSPS) is 11.1. The first-order valence-corrected chi connectivity index (χ1v) is 6.30. The van der Waals surface area contributed by atoms with E-state index in [1.54, 1.807) is 23.1 Å². The van der Waals surface area contributed by atoms with Crippen molar-refractivity contribution in [3.63, 3.8) is 0 Å². The van der Waals surface area contributed by atoms with Gasteiger partial charge in [0.05, 0.1) is 6.20 Å². The van der Waals surface area contributed by atoms with E-state index in [0.29, 0.717) is 12.0 Å². The van der Waals surface area contributed by atoms with Crippen LogP contribution in [0.25, 0.3) is 5.95 Å². The number of nitrogens with one attached hydrogen (secondary N) is 1. The zero-order valence-electron chi connectivity index (χ0n) is 10.9. The molecule has 96 valence electrons. The van der Waals surface area contributed by atoms with Gasteiger partial charge in [-0.2, -0.15) is 5.10 Å². The number of aryl methyl sites for hydroxylation is 1. The first-order valence-electron chi connectivity index (χ1n) is 6.30. The lowest BCUT2D eigenvalue weighted by molar-refractivity contribution is 0.570. The van der Waals surface area contributed by atoms with Crippen LogP contribution in [0.5, 0.6) is 0 Å². The monoisotopic (exact) mass is 245 g/mol. The van der Waals surface area contributed by atoms with E-state index in [-0.39, 0.29) is 0 Å². The lowest BCUT2D eigenvalue weighted by Crippen LogP contribution is -2.23. The van der Waals surface area contributed by atoms with E-state index < -0.39 is 0 Å². The summed E-state index contributed by atoms with van der Waals surface area (Å²) in [5.41, 5.74) is 1.22. The van der Waals surface area contributed by atoms with Crippen LogP contribution in [0, 0.1) is 0 Å². The van der Waals surface area contributed by atoms with Crippen LogP contribution in [0.15, 0.2) is 30.9 Å². The van der Waals surface area contributed by atoms with Crippen molar-refractivity contribution >= 4 is 0 Å². The molecule has 0 saturated heterocycles. The lowest BCUT2D eigenvalue weighted by atomic mass is 10.2. The van der Waals surface area contributed by atoms with Crippen molar-refractivity contribution in [2.24, 2.45) is 0 Å². The minimum atomic E-state index is 0.547. The van der Waals surface area contributed by atoms with Gasteiger partial charge < -0.3 is 5.32 Å². The maximum Gasteiger partial charge on any atom is 0.250 e. The maximum atomic E-state index is 4.27. The van der Waals surface area contributed by atoms with Crippen LogP contribution in [0.4, 0.5) is 0 Å². The third-order valence-electron chi connectivity index (χ3n) is 2.59. The summed E-state index contributed by atoms with van der Waals surface area (Å²) in [6.07, 6.45) is 9.44. The Bertz CT molecular complexity index is 463. The van der Waals surface area contributed by atoms with Gasteiger partial charge in [0.1, 0.15) is 0 Å². The summed E-state index contributed by atoms with van der Waals surface area (Å²) in [6.45, 7) is 5.35. The summed E-state index contributed by atoms with van der Waals surface area (Å²) in [6, 6.07) is 2.34. The predicted molar refractivity (Wildman–Crippen MR) is 70.6 cm³/mol. The van der Waals surface area contributed by atoms with Crippen LogP contribution in [-0.4, -0.2) is 32.3 Å². The Hall–Kier alpha value is -1.75. The van der Waals surface area contributed by atoms with Gasteiger partial charge in [-0.3, -0.25) is 0 Å². The standard InChI is InChI=1S/C13H19N5/c1-11(2)14-6-3-5-12-9-17-18(10-12)13-15-7-4-8-16-13/h4,7-11,14H,3,5-6H2,1-2H3. The smallest absolute Gasteiger partial charge is 0.250 e. The maximum absolute atomic E-state index is 4.27. The van der Waals surface area contributed by atoms with Crippen molar-refractivity contribution in [2.45, 2.75) is 32.7 Å². The van der Waals surface area contributed by atoms with Gasteiger partial charge in [0, 0.05) is 24.6 Å². The number of hydrogen-bond donors (Lipinski definition) is 1. The molecule has 0 spiro atoms. The van der Waals surface area contributed by atoms with Gasteiger partial charge in [0.25, 0.3) is 0 Å². The minimum Gasteiger partial charge on any atom is -0.315 e. The van der Waals surface area contributed by atoms with E-state index in [9.17, 15) is 0 Å². The molecule has 0 atom stereocenters. The number of nitrogens with zero attached hydrogens (tertiary/aromatic N) is 4. The zero-order chi connectivity index (χ0) is 12.8. The Kier molecular flexibility index (Phi) is 4.41.